The topological polar surface area (TPSA) is 96.2 Å². The average Bonchev–Trinajstić information content (AvgIpc) is 2.48. The fraction of sp³-hybridized carbons (Fsp3) is 0.462. The molecule has 110 valence electrons. The van der Waals surface area contributed by atoms with Crippen molar-refractivity contribution in [1.82, 2.24) is 0 Å². The van der Waals surface area contributed by atoms with Gasteiger partial charge in [-0.15, -0.1) is 0 Å². The lowest BCUT2D eigenvalue weighted by molar-refractivity contribution is -0.275. The van der Waals surface area contributed by atoms with Crippen LogP contribution in [0, 0.1) is 0 Å². The molecule has 0 bridgehead atoms. The van der Waals surface area contributed by atoms with Crippen LogP contribution in [0.2, 0.25) is 0 Å². The van der Waals surface area contributed by atoms with E-state index in [0.29, 0.717) is 5.56 Å². The van der Waals surface area contributed by atoms with Crippen LogP contribution in [0.25, 0.3) is 0 Å². The zero-order chi connectivity index (χ0) is 14.7. The largest absolute Gasteiger partial charge is 0.453 e. The molecule has 1 fully saturated rings. The van der Waals surface area contributed by atoms with Crippen LogP contribution in [0.5, 0.6) is 0 Å². The Morgan fingerprint density at radius 1 is 1.20 bits per heavy atom. The molecule has 2 rings (SSSR count). The third-order valence-electron chi connectivity index (χ3n) is 3.06. The second-order valence-corrected chi connectivity index (χ2v) is 5.08. The maximum atomic E-state index is 12.0. The second kappa shape index (κ2) is 6.64. The maximum absolute atomic E-state index is 12.0. The highest BCUT2D eigenvalue weighted by Gasteiger charge is 2.45. The van der Waals surface area contributed by atoms with E-state index in [1.165, 1.54) is 0 Å². The van der Waals surface area contributed by atoms with Crippen LogP contribution in [0.1, 0.15) is 10.4 Å². The number of ether oxygens (including phenoxy) is 2. The summed E-state index contributed by atoms with van der Waals surface area (Å²) in [6.45, 7) is 0. The molecule has 6 nitrogen and oxygen atoms in total. The van der Waals surface area contributed by atoms with Gasteiger partial charge in [-0.05, 0) is 12.1 Å². The van der Waals surface area contributed by atoms with Gasteiger partial charge >= 0.3 is 5.97 Å². The first kappa shape index (κ1) is 15.4. The van der Waals surface area contributed by atoms with Crippen LogP contribution >= 0.6 is 15.9 Å². The smallest absolute Gasteiger partial charge is 0.338 e. The molecule has 20 heavy (non-hydrogen) atoms. The molecule has 1 aromatic carbocycles. The van der Waals surface area contributed by atoms with Crippen molar-refractivity contribution in [2.24, 2.45) is 0 Å². The highest BCUT2D eigenvalue weighted by Crippen LogP contribution is 2.24. The van der Waals surface area contributed by atoms with E-state index in [-0.39, 0.29) is 5.33 Å². The monoisotopic (exact) mass is 346 g/mol. The minimum atomic E-state index is -1.53. The highest BCUT2D eigenvalue weighted by molar-refractivity contribution is 9.09. The van der Waals surface area contributed by atoms with Crippen molar-refractivity contribution in [3.63, 3.8) is 0 Å². The fourth-order valence-corrected chi connectivity index (χ4v) is 2.48. The molecule has 0 amide bonds. The molecule has 7 heteroatoms. The Morgan fingerprint density at radius 3 is 2.45 bits per heavy atom. The molecule has 1 aliphatic rings. The van der Waals surface area contributed by atoms with Gasteiger partial charge in [-0.2, -0.15) is 0 Å². The summed E-state index contributed by atoms with van der Waals surface area (Å²) < 4.78 is 10.3. The van der Waals surface area contributed by atoms with Crippen LogP contribution in [-0.4, -0.2) is 57.3 Å². The molecule has 1 aliphatic heterocycles. The number of carbonyl (C=O) groups is 1. The SMILES string of the molecule is O=C(O[C@H]1[C@H](O)[C@@H](O)C(O)O[C@@H]1CBr)c1ccccc1. The molecule has 1 aromatic rings. The minimum Gasteiger partial charge on any atom is -0.453 e. The summed E-state index contributed by atoms with van der Waals surface area (Å²) in [5.41, 5.74) is 0.327. The number of carbonyl (C=O) groups excluding carboxylic acids is 1. The fourth-order valence-electron chi connectivity index (χ4n) is 1.96. The summed E-state index contributed by atoms with van der Waals surface area (Å²) in [5.74, 6) is -0.632. The van der Waals surface area contributed by atoms with Crippen LogP contribution in [-0.2, 0) is 9.47 Å². The van der Waals surface area contributed by atoms with Crippen molar-refractivity contribution in [1.29, 1.82) is 0 Å². The number of aliphatic hydroxyl groups is 3. The molecule has 0 saturated carbocycles. The predicted molar refractivity (Wildman–Crippen MR) is 72.3 cm³/mol. The third-order valence-corrected chi connectivity index (χ3v) is 3.70. The second-order valence-electron chi connectivity index (χ2n) is 4.44. The number of benzene rings is 1. The summed E-state index contributed by atoms with van der Waals surface area (Å²) in [6, 6.07) is 8.28. The van der Waals surface area contributed by atoms with Crippen LogP contribution in [0.3, 0.4) is 0 Å². The normalized spacial score (nSPS) is 33.7. The quantitative estimate of drug-likeness (QED) is 0.528. The summed E-state index contributed by atoms with van der Waals surface area (Å²) in [5, 5.41) is 29.2. The number of alkyl halides is 1. The highest BCUT2D eigenvalue weighted by atomic mass is 79.9. The predicted octanol–water partition coefficient (Wildman–Crippen LogP) is 0.0459. The summed E-state index contributed by atoms with van der Waals surface area (Å²) in [7, 11) is 0. The van der Waals surface area contributed by atoms with Crippen molar-refractivity contribution in [2.75, 3.05) is 5.33 Å². The van der Waals surface area contributed by atoms with Gasteiger partial charge in [-0.3, -0.25) is 0 Å². The van der Waals surface area contributed by atoms with Gasteiger partial charge in [0.2, 0.25) is 0 Å². The molecule has 0 spiro atoms. The van der Waals surface area contributed by atoms with Crippen molar-refractivity contribution >= 4 is 21.9 Å². The lowest BCUT2D eigenvalue weighted by Gasteiger charge is -2.39. The van der Waals surface area contributed by atoms with E-state index < -0.39 is 36.7 Å². The molecular formula is C13H15BrO6. The van der Waals surface area contributed by atoms with Gasteiger partial charge in [0.05, 0.1) is 5.56 Å². The Morgan fingerprint density at radius 2 is 1.85 bits per heavy atom. The van der Waals surface area contributed by atoms with Gasteiger partial charge in [0.25, 0.3) is 0 Å². The van der Waals surface area contributed by atoms with Gasteiger partial charge in [0, 0.05) is 5.33 Å². The molecule has 0 radical (unpaired) electrons. The third kappa shape index (κ3) is 3.18. The summed E-state index contributed by atoms with van der Waals surface area (Å²) in [4.78, 5) is 12.0. The van der Waals surface area contributed by atoms with Crippen molar-refractivity contribution in [2.45, 2.75) is 30.7 Å². The number of hydrogen-bond acceptors (Lipinski definition) is 6. The van der Waals surface area contributed by atoms with E-state index in [2.05, 4.69) is 15.9 Å². The minimum absolute atomic E-state index is 0.237. The molecule has 1 heterocycles. The van der Waals surface area contributed by atoms with Gasteiger partial charge in [-0.25, -0.2) is 4.79 Å². The molecule has 0 aliphatic carbocycles. The maximum Gasteiger partial charge on any atom is 0.338 e. The summed E-state index contributed by atoms with van der Waals surface area (Å²) in [6.07, 6.45) is -6.29. The Labute approximate surface area is 124 Å². The van der Waals surface area contributed by atoms with E-state index in [1.54, 1.807) is 30.3 Å². The molecule has 0 aromatic heterocycles. The van der Waals surface area contributed by atoms with E-state index in [1.807, 2.05) is 0 Å². The first-order valence-electron chi connectivity index (χ1n) is 6.06. The van der Waals surface area contributed by atoms with Crippen LogP contribution in [0.15, 0.2) is 30.3 Å². The lowest BCUT2D eigenvalue weighted by Crippen LogP contribution is -2.59. The Kier molecular flexibility index (Phi) is 5.11. The number of hydrogen-bond donors (Lipinski definition) is 3. The van der Waals surface area contributed by atoms with E-state index >= 15 is 0 Å². The molecule has 3 N–H and O–H groups in total. The Bertz CT molecular complexity index is 451. The first-order chi connectivity index (χ1) is 9.54. The lowest BCUT2D eigenvalue weighted by atomic mass is 9.99. The Balaban J connectivity index is 2.11. The van der Waals surface area contributed by atoms with Crippen molar-refractivity contribution in [3.8, 4) is 0 Å². The zero-order valence-electron chi connectivity index (χ0n) is 10.4. The Hall–Kier alpha value is -0.990. The van der Waals surface area contributed by atoms with Crippen molar-refractivity contribution in [3.05, 3.63) is 35.9 Å². The number of aliphatic hydroxyl groups excluding tert-OH is 3. The molecule has 1 unspecified atom stereocenters. The first-order valence-corrected chi connectivity index (χ1v) is 7.18. The molecular weight excluding hydrogens is 332 g/mol. The number of rotatable bonds is 3. The number of esters is 1. The number of halogens is 1. The van der Waals surface area contributed by atoms with Gasteiger partial charge in [0.1, 0.15) is 18.3 Å². The summed E-state index contributed by atoms with van der Waals surface area (Å²) >= 11 is 3.15. The van der Waals surface area contributed by atoms with Gasteiger partial charge < -0.3 is 24.8 Å². The van der Waals surface area contributed by atoms with Crippen LogP contribution < -0.4 is 0 Å². The van der Waals surface area contributed by atoms with Crippen molar-refractivity contribution < 1.29 is 29.6 Å². The van der Waals surface area contributed by atoms with E-state index in [9.17, 15) is 20.1 Å². The average molecular weight is 347 g/mol. The molecule has 1 saturated heterocycles. The standard InChI is InChI=1S/C13H15BrO6/c14-6-8-11(9(15)10(16)13(18)19-8)20-12(17)7-4-2-1-3-5-7/h1-5,8-11,13,15-16,18H,6H2/t8-,9-,10-,11-,13?/m1/s1. The van der Waals surface area contributed by atoms with E-state index in [4.69, 9.17) is 9.47 Å². The van der Waals surface area contributed by atoms with Crippen LogP contribution in [0.4, 0.5) is 0 Å². The van der Waals surface area contributed by atoms with E-state index in [0.717, 1.165) is 0 Å². The van der Waals surface area contributed by atoms with Gasteiger partial charge in [0.15, 0.2) is 12.4 Å². The van der Waals surface area contributed by atoms with Gasteiger partial charge in [-0.1, -0.05) is 34.1 Å². The zero-order valence-corrected chi connectivity index (χ0v) is 12.0. The molecule has 5 atom stereocenters.